The number of nitrogens with zero attached hydrogens (tertiary/aromatic N) is 4. The number of aryl methyl sites for hydroxylation is 2. The van der Waals surface area contributed by atoms with E-state index in [1.165, 1.54) is 5.56 Å². The van der Waals surface area contributed by atoms with Crippen molar-refractivity contribution >= 4 is 12.2 Å². The van der Waals surface area contributed by atoms with Crippen molar-refractivity contribution in [1.29, 1.82) is 0 Å². The van der Waals surface area contributed by atoms with Crippen LogP contribution in [0.4, 0.5) is 9.59 Å². The molecule has 11 heteroatoms. The summed E-state index contributed by atoms with van der Waals surface area (Å²) in [7, 11) is 0. The number of hydrogen-bond acceptors (Lipinski definition) is 7. The van der Waals surface area contributed by atoms with Crippen LogP contribution in [0.2, 0.25) is 0 Å². The van der Waals surface area contributed by atoms with Gasteiger partial charge in [-0.3, -0.25) is 9.80 Å². The molecule has 5 heterocycles. The number of likely N-dealkylation sites (tertiary alicyclic amines) is 2. The summed E-state index contributed by atoms with van der Waals surface area (Å²) in [6.07, 6.45) is 6.45. The molecule has 2 unspecified atom stereocenters. The second-order valence-corrected chi connectivity index (χ2v) is 17.0. The quantitative estimate of drug-likeness (QED) is 0.218. The van der Waals surface area contributed by atoms with E-state index in [-0.39, 0.29) is 36.4 Å². The van der Waals surface area contributed by atoms with Gasteiger partial charge in [0.1, 0.15) is 35.2 Å². The molecule has 8 rings (SSSR count). The Morgan fingerprint density at radius 3 is 2.08 bits per heavy atom. The van der Waals surface area contributed by atoms with E-state index in [9.17, 15) is 9.59 Å². The SMILES string of the molecule is CC1CCC(c2ncc(-c3ccc4c(c3)COc3cc5c(cc3-4)CCc3nc([C@@H]4CC[C@H](C)N4C(=O)OC(C)(C)C)[nH]c3-5)[nH]2)N1C(=O)OC(C)(C)C. The maximum Gasteiger partial charge on any atom is 0.411 e. The Labute approximate surface area is 305 Å². The van der Waals surface area contributed by atoms with Gasteiger partial charge in [-0.25, -0.2) is 19.6 Å². The van der Waals surface area contributed by atoms with Crippen LogP contribution < -0.4 is 4.74 Å². The zero-order chi connectivity index (χ0) is 36.7. The lowest BCUT2D eigenvalue weighted by Crippen LogP contribution is -2.40. The molecular formula is C41H50N6O5. The first-order chi connectivity index (χ1) is 24.6. The van der Waals surface area contributed by atoms with Crippen molar-refractivity contribution < 1.29 is 23.8 Å². The molecule has 4 aliphatic rings. The number of aromatic nitrogens is 4. The minimum atomic E-state index is -0.562. The third kappa shape index (κ3) is 6.21. The molecule has 3 aliphatic heterocycles. The van der Waals surface area contributed by atoms with Gasteiger partial charge in [0.2, 0.25) is 0 Å². The van der Waals surface area contributed by atoms with Crippen LogP contribution in [-0.2, 0) is 28.9 Å². The molecule has 0 saturated carbocycles. The Bertz CT molecular complexity index is 2050. The van der Waals surface area contributed by atoms with Crippen LogP contribution in [0.1, 0.15) is 122 Å². The van der Waals surface area contributed by atoms with Crippen molar-refractivity contribution in [2.75, 3.05) is 0 Å². The number of carbonyl (C=O) groups excluding carboxylic acids is 2. The molecular weight excluding hydrogens is 656 g/mol. The van der Waals surface area contributed by atoms with Crippen LogP contribution >= 0.6 is 0 Å². The Kier molecular flexibility index (Phi) is 8.19. The van der Waals surface area contributed by atoms with E-state index in [1.807, 2.05) is 57.5 Å². The lowest BCUT2D eigenvalue weighted by atomic mass is 9.86. The highest BCUT2D eigenvalue weighted by molar-refractivity contribution is 5.83. The molecule has 0 spiro atoms. The van der Waals surface area contributed by atoms with Gasteiger partial charge in [-0.05, 0) is 134 Å². The third-order valence-electron chi connectivity index (χ3n) is 10.8. The number of nitrogens with one attached hydrogen (secondary N) is 2. The highest BCUT2D eigenvalue weighted by Crippen LogP contribution is 2.46. The third-order valence-corrected chi connectivity index (χ3v) is 10.8. The zero-order valence-electron chi connectivity index (χ0n) is 31.6. The molecule has 274 valence electrons. The molecule has 11 nitrogen and oxygen atoms in total. The second kappa shape index (κ2) is 12.4. The Balaban J connectivity index is 1.04. The Hall–Kier alpha value is -4.80. The molecule has 52 heavy (non-hydrogen) atoms. The lowest BCUT2D eigenvalue weighted by Gasteiger charge is -2.30. The zero-order valence-corrected chi connectivity index (χ0v) is 31.6. The first-order valence-corrected chi connectivity index (χ1v) is 18.7. The first kappa shape index (κ1) is 34.3. The summed E-state index contributed by atoms with van der Waals surface area (Å²) in [5.74, 6) is 2.46. The summed E-state index contributed by atoms with van der Waals surface area (Å²) < 4.78 is 17.9. The van der Waals surface area contributed by atoms with E-state index in [4.69, 9.17) is 24.2 Å². The highest BCUT2D eigenvalue weighted by Gasteiger charge is 2.41. The lowest BCUT2D eigenvalue weighted by molar-refractivity contribution is 0.0140. The number of aromatic amines is 2. The summed E-state index contributed by atoms with van der Waals surface area (Å²) in [5, 5.41) is 0. The molecule has 2 saturated heterocycles. The van der Waals surface area contributed by atoms with Crippen LogP contribution in [0.15, 0.2) is 36.5 Å². The monoisotopic (exact) mass is 706 g/mol. The van der Waals surface area contributed by atoms with Gasteiger partial charge in [0.15, 0.2) is 0 Å². The number of carbonyl (C=O) groups is 2. The summed E-state index contributed by atoms with van der Waals surface area (Å²) >= 11 is 0. The number of hydrogen-bond donors (Lipinski definition) is 2. The van der Waals surface area contributed by atoms with Crippen molar-refractivity contribution in [3.63, 3.8) is 0 Å². The van der Waals surface area contributed by atoms with Gasteiger partial charge in [0.05, 0.1) is 35.4 Å². The van der Waals surface area contributed by atoms with E-state index in [0.29, 0.717) is 6.61 Å². The van der Waals surface area contributed by atoms with Crippen LogP contribution in [0, 0.1) is 0 Å². The van der Waals surface area contributed by atoms with Crippen LogP contribution in [0.3, 0.4) is 0 Å². The predicted molar refractivity (Wildman–Crippen MR) is 198 cm³/mol. The normalized spacial score (nSPS) is 22.3. The second-order valence-electron chi connectivity index (χ2n) is 17.0. The van der Waals surface area contributed by atoms with E-state index >= 15 is 0 Å². The van der Waals surface area contributed by atoms with Gasteiger partial charge in [-0.1, -0.05) is 12.1 Å². The van der Waals surface area contributed by atoms with Crippen molar-refractivity contribution in [3.05, 3.63) is 65.0 Å². The molecule has 4 aromatic rings. The maximum atomic E-state index is 13.2. The standard InChI is InChI=1S/C41H50N6O5/c1-22-9-15-32(46(22)38(48)51-40(3,4)5)36-42-20-31(44-36)25-11-13-27-26(17-25)21-50-34-19-28-24(18-29(27)34)12-14-30-35(28)45-37(43-30)33-16-10-23(2)47(33)39(49)52-41(6,7)8/h11,13,17-20,22-23,32-33H,9-10,12,14-16,21H2,1-8H3,(H,42,44)(H,43,45)/t22?,23-,32?,33-/m0/s1. The van der Waals surface area contributed by atoms with E-state index in [2.05, 4.69) is 54.1 Å². The number of benzene rings is 2. The largest absolute Gasteiger partial charge is 0.488 e. The maximum absolute atomic E-state index is 13.2. The molecule has 2 aromatic heterocycles. The van der Waals surface area contributed by atoms with E-state index in [1.54, 1.807) is 0 Å². The number of imidazole rings is 2. The fraction of sp³-hybridized carbons (Fsp3) is 0.512. The fourth-order valence-corrected chi connectivity index (χ4v) is 8.34. The summed E-state index contributed by atoms with van der Waals surface area (Å²) in [5.41, 5.74) is 8.59. The molecule has 2 aromatic carbocycles. The minimum Gasteiger partial charge on any atom is -0.488 e. The average molecular weight is 707 g/mol. The molecule has 2 amide bonds. The van der Waals surface area contributed by atoms with Gasteiger partial charge in [0, 0.05) is 23.2 Å². The smallest absolute Gasteiger partial charge is 0.411 e. The van der Waals surface area contributed by atoms with Crippen LogP contribution in [0.25, 0.3) is 33.6 Å². The predicted octanol–water partition coefficient (Wildman–Crippen LogP) is 9.05. The van der Waals surface area contributed by atoms with Crippen LogP contribution in [0.5, 0.6) is 5.75 Å². The minimum absolute atomic E-state index is 0.0765. The number of amides is 2. The van der Waals surface area contributed by atoms with Crippen LogP contribution in [-0.4, -0.2) is 65.2 Å². The van der Waals surface area contributed by atoms with Gasteiger partial charge in [0.25, 0.3) is 0 Å². The summed E-state index contributed by atoms with van der Waals surface area (Å²) in [4.78, 5) is 47.0. The topological polar surface area (TPSA) is 126 Å². The van der Waals surface area contributed by atoms with Gasteiger partial charge in [-0.15, -0.1) is 0 Å². The van der Waals surface area contributed by atoms with E-state index < -0.39 is 11.2 Å². The summed E-state index contributed by atoms with van der Waals surface area (Å²) in [6.45, 7) is 16.0. The fourth-order valence-electron chi connectivity index (χ4n) is 8.34. The molecule has 1 aliphatic carbocycles. The molecule has 0 radical (unpaired) electrons. The van der Waals surface area contributed by atoms with Crippen molar-refractivity contribution in [2.45, 2.75) is 136 Å². The number of ether oxygens (including phenoxy) is 3. The number of fused-ring (bicyclic) bond motifs is 6. The van der Waals surface area contributed by atoms with Crippen molar-refractivity contribution in [3.8, 4) is 39.4 Å². The summed E-state index contributed by atoms with van der Waals surface area (Å²) in [6, 6.07) is 10.8. The van der Waals surface area contributed by atoms with E-state index in [0.717, 1.165) is 101 Å². The molecule has 2 N–H and O–H groups in total. The van der Waals surface area contributed by atoms with Gasteiger partial charge < -0.3 is 24.2 Å². The Morgan fingerprint density at radius 2 is 1.42 bits per heavy atom. The Morgan fingerprint density at radius 1 is 0.769 bits per heavy atom. The van der Waals surface area contributed by atoms with Gasteiger partial charge in [-0.2, -0.15) is 0 Å². The molecule has 2 fully saturated rings. The van der Waals surface area contributed by atoms with Gasteiger partial charge >= 0.3 is 12.2 Å². The first-order valence-electron chi connectivity index (χ1n) is 18.7. The average Bonchev–Trinajstić information content (AvgIpc) is 3.87. The van der Waals surface area contributed by atoms with Crippen molar-refractivity contribution in [1.82, 2.24) is 29.7 Å². The van der Waals surface area contributed by atoms with Crippen molar-refractivity contribution in [2.24, 2.45) is 0 Å². The number of H-pyrrole nitrogens is 2. The molecule has 4 atom stereocenters. The molecule has 0 bridgehead atoms. The number of rotatable bonds is 3. The highest BCUT2D eigenvalue weighted by atomic mass is 16.6.